The molecule has 0 spiro atoms. The Balaban J connectivity index is 1.63. The van der Waals surface area contributed by atoms with Crippen molar-refractivity contribution in [1.29, 1.82) is 0 Å². The molecule has 0 atom stereocenters. The van der Waals surface area contributed by atoms with E-state index in [4.69, 9.17) is 0 Å². The van der Waals surface area contributed by atoms with Crippen molar-refractivity contribution in [3.63, 3.8) is 0 Å². The van der Waals surface area contributed by atoms with E-state index in [0.717, 1.165) is 31.9 Å². The molecule has 3 aromatic heterocycles. The van der Waals surface area contributed by atoms with Crippen LogP contribution in [0.1, 0.15) is 10.6 Å². The normalized spacial score (nSPS) is 11.3. The second-order valence-corrected chi connectivity index (χ2v) is 6.16. The highest BCUT2D eigenvalue weighted by molar-refractivity contribution is 7.19. The summed E-state index contributed by atoms with van der Waals surface area (Å²) in [5.74, 6) is 0. The number of thiazole rings is 1. The summed E-state index contributed by atoms with van der Waals surface area (Å²) >= 11 is 1.67. The Morgan fingerprint density at radius 2 is 1.74 bits per heavy atom. The Morgan fingerprint density at radius 1 is 0.826 bits per heavy atom. The van der Waals surface area contributed by atoms with Crippen LogP contribution in [0.3, 0.4) is 0 Å². The SMILES string of the molecule is C(=C\c1nc2cnccc2s1)/c1cccc(-c2cccnc2)c1. The number of pyridine rings is 2. The van der Waals surface area contributed by atoms with Crippen molar-refractivity contribution in [2.24, 2.45) is 0 Å². The van der Waals surface area contributed by atoms with E-state index in [0.29, 0.717) is 0 Å². The van der Waals surface area contributed by atoms with E-state index in [9.17, 15) is 0 Å². The molecule has 1 aromatic carbocycles. The van der Waals surface area contributed by atoms with E-state index in [1.54, 1.807) is 29.9 Å². The van der Waals surface area contributed by atoms with Gasteiger partial charge >= 0.3 is 0 Å². The van der Waals surface area contributed by atoms with E-state index in [1.165, 1.54) is 0 Å². The summed E-state index contributed by atoms with van der Waals surface area (Å²) in [6, 6.07) is 14.4. The molecule has 0 radical (unpaired) electrons. The van der Waals surface area contributed by atoms with Crippen molar-refractivity contribution in [3.05, 3.63) is 77.8 Å². The number of benzene rings is 1. The molecule has 0 aliphatic rings. The zero-order valence-electron chi connectivity index (χ0n) is 12.3. The average molecular weight is 315 g/mol. The lowest BCUT2D eigenvalue weighted by Crippen LogP contribution is -1.80. The molecule has 3 nitrogen and oxygen atoms in total. The van der Waals surface area contributed by atoms with Crippen molar-refractivity contribution < 1.29 is 0 Å². The highest BCUT2D eigenvalue weighted by Gasteiger charge is 2.01. The first-order valence-electron chi connectivity index (χ1n) is 7.28. The second-order valence-electron chi connectivity index (χ2n) is 5.10. The van der Waals surface area contributed by atoms with E-state index in [-0.39, 0.29) is 0 Å². The molecule has 0 aliphatic heterocycles. The van der Waals surface area contributed by atoms with Crippen LogP contribution >= 0.6 is 11.3 Å². The molecule has 0 fully saturated rings. The van der Waals surface area contributed by atoms with Gasteiger partial charge in [-0.25, -0.2) is 4.98 Å². The lowest BCUT2D eigenvalue weighted by Gasteiger charge is -2.01. The van der Waals surface area contributed by atoms with Gasteiger partial charge in [0.1, 0.15) is 10.5 Å². The van der Waals surface area contributed by atoms with Crippen LogP contribution in [0.15, 0.2) is 67.3 Å². The number of hydrogen-bond donors (Lipinski definition) is 0. The Labute approximate surface area is 138 Å². The summed E-state index contributed by atoms with van der Waals surface area (Å²) in [6.45, 7) is 0. The third-order valence-corrected chi connectivity index (χ3v) is 4.51. The lowest BCUT2D eigenvalue weighted by molar-refractivity contribution is 1.33. The Kier molecular flexibility index (Phi) is 3.66. The summed E-state index contributed by atoms with van der Waals surface area (Å²) in [7, 11) is 0. The van der Waals surface area contributed by atoms with Crippen LogP contribution in [-0.2, 0) is 0 Å². The summed E-state index contributed by atoms with van der Waals surface area (Å²) in [5, 5.41) is 0.986. The molecular weight excluding hydrogens is 302 g/mol. The van der Waals surface area contributed by atoms with Crippen LogP contribution in [-0.4, -0.2) is 15.0 Å². The molecule has 4 aromatic rings. The highest BCUT2D eigenvalue weighted by Crippen LogP contribution is 2.24. The molecule has 4 rings (SSSR count). The summed E-state index contributed by atoms with van der Waals surface area (Å²) in [5.41, 5.74) is 4.37. The average Bonchev–Trinajstić information content (AvgIpc) is 3.04. The molecule has 0 unspecified atom stereocenters. The second kappa shape index (κ2) is 6.10. The Hall–Kier alpha value is -2.85. The van der Waals surface area contributed by atoms with E-state index < -0.39 is 0 Å². The minimum absolute atomic E-state index is 0.946. The van der Waals surface area contributed by atoms with Crippen LogP contribution in [0.4, 0.5) is 0 Å². The highest BCUT2D eigenvalue weighted by atomic mass is 32.1. The summed E-state index contributed by atoms with van der Waals surface area (Å²) in [4.78, 5) is 12.8. The van der Waals surface area contributed by atoms with Crippen molar-refractivity contribution in [1.82, 2.24) is 15.0 Å². The number of hydrogen-bond acceptors (Lipinski definition) is 4. The summed E-state index contributed by atoms with van der Waals surface area (Å²) in [6.07, 6.45) is 11.4. The van der Waals surface area contributed by atoms with Gasteiger partial charge in [0.25, 0.3) is 0 Å². The largest absolute Gasteiger partial charge is 0.264 e. The van der Waals surface area contributed by atoms with Gasteiger partial charge in [0.15, 0.2) is 0 Å². The van der Waals surface area contributed by atoms with Gasteiger partial charge in [-0.3, -0.25) is 9.97 Å². The quantitative estimate of drug-likeness (QED) is 0.538. The fourth-order valence-electron chi connectivity index (χ4n) is 2.39. The van der Waals surface area contributed by atoms with Gasteiger partial charge in [0, 0.05) is 24.2 Å². The van der Waals surface area contributed by atoms with Crippen molar-refractivity contribution in [2.45, 2.75) is 0 Å². The number of nitrogens with zero attached hydrogens (tertiary/aromatic N) is 3. The maximum absolute atomic E-state index is 4.57. The molecule has 0 saturated heterocycles. The number of rotatable bonds is 3. The van der Waals surface area contributed by atoms with Gasteiger partial charge in [-0.1, -0.05) is 30.3 Å². The van der Waals surface area contributed by atoms with Crippen LogP contribution in [0.2, 0.25) is 0 Å². The molecule has 110 valence electrons. The van der Waals surface area contributed by atoms with E-state index in [1.807, 2.05) is 24.4 Å². The topological polar surface area (TPSA) is 38.7 Å². The van der Waals surface area contributed by atoms with E-state index in [2.05, 4.69) is 51.4 Å². The third kappa shape index (κ3) is 3.03. The van der Waals surface area contributed by atoms with Gasteiger partial charge in [0.05, 0.1) is 10.9 Å². The van der Waals surface area contributed by atoms with Crippen molar-refractivity contribution in [2.75, 3.05) is 0 Å². The van der Waals surface area contributed by atoms with Gasteiger partial charge in [-0.15, -0.1) is 11.3 Å². The molecule has 23 heavy (non-hydrogen) atoms. The molecule has 4 heteroatoms. The Bertz CT molecular complexity index is 941. The molecule has 0 saturated carbocycles. The smallest absolute Gasteiger partial charge is 0.117 e. The summed E-state index contributed by atoms with van der Waals surface area (Å²) < 4.78 is 1.16. The minimum Gasteiger partial charge on any atom is -0.264 e. The predicted molar refractivity (Wildman–Crippen MR) is 96.0 cm³/mol. The lowest BCUT2D eigenvalue weighted by atomic mass is 10.0. The molecule has 3 heterocycles. The fourth-order valence-corrected chi connectivity index (χ4v) is 3.23. The number of aromatic nitrogens is 3. The van der Waals surface area contributed by atoms with Gasteiger partial charge in [-0.2, -0.15) is 0 Å². The van der Waals surface area contributed by atoms with Crippen molar-refractivity contribution in [3.8, 4) is 11.1 Å². The molecular formula is C19H13N3S. The van der Waals surface area contributed by atoms with Crippen molar-refractivity contribution >= 4 is 33.7 Å². The maximum Gasteiger partial charge on any atom is 0.117 e. The van der Waals surface area contributed by atoms with Gasteiger partial charge in [-0.05, 0) is 35.4 Å². The van der Waals surface area contributed by atoms with Crippen LogP contribution in [0, 0.1) is 0 Å². The standard InChI is InChI=1S/C19H13N3S/c1-3-14(11-15(4-1)16-5-2-9-20-12-16)6-7-19-22-17-13-21-10-8-18(17)23-19/h1-13H/b7-6+. The monoisotopic (exact) mass is 315 g/mol. The number of fused-ring (bicyclic) bond motifs is 1. The maximum atomic E-state index is 4.57. The zero-order chi connectivity index (χ0) is 15.5. The molecule has 0 bridgehead atoms. The minimum atomic E-state index is 0.946. The molecule has 0 aliphatic carbocycles. The Morgan fingerprint density at radius 3 is 2.61 bits per heavy atom. The van der Waals surface area contributed by atoms with Gasteiger partial charge < -0.3 is 0 Å². The van der Waals surface area contributed by atoms with Gasteiger partial charge in [0.2, 0.25) is 0 Å². The molecule has 0 N–H and O–H groups in total. The first-order chi connectivity index (χ1) is 11.4. The van der Waals surface area contributed by atoms with Crippen LogP contribution < -0.4 is 0 Å². The van der Waals surface area contributed by atoms with Crippen LogP contribution in [0.5, 0.6) is 0 Å². The third-order valence-electron chi connectivity index (χ3n) is 3.51. The zero-order valence-corrected chi connectivity index (χ0v) is 13.1. The predicted octanol–water partition coefficient (Wildman–Crippen LogP) is 4.92. The fraction of sp³-hybridized carbons (Fsp3) is 0. The molecule has 0 amide bonds. The first kappa shape index (κ1) is 13.8. The van der Waals surface area contributed by atoms with E-state index >= 15 is 0 Å². The first-order valence-corrected chi connectivity index (χ1v) is 8.09. The van der Waals surface area contributed by atoms with Crippen LogP contribution in [0.25, 0.3) is 33.5 Å².